The highest BCUT2D eigenvalue weighted by Crippen LogP contribution is 2.27. The van der Waals surface area contributed by atoms with Gasteiger partial charge in [-0.1, -0.05) is 65.7 Å². The molecule has 0 fully saturated rings. The zero-order valence-corrected chi connectivity index (χ0v) is 15.9. The first kappa shape index (κ1) is 18.9. The smallest absolute Gasteiger partial charge is 0.272 e. The van der Waals surface area contributed by atoms with E-state index in [4.69, 9.17) is 23.2 Å². The molecule has 0 saturated carbocycles. The number of hydrogen-bond acceptors (Lipinski definition) is 3. The van der Waals surface area contributed by atoms with Crippen LogP contribution in [0.1, 0.15) is 23.0 Å². The van der Waals surface area contributed by atoms with Crippen LogP contribution in [0.5, 0.6) is 0 Å². The van der Waals surface area contributed by atoms with Crippen LogP contribution in [0.2, 0.25) is 10.0 Å². The fourth-order valence-corrected chi connectivity index (χ4v) is 2.64. The van der Waals surface area contributed by atoms with Crippen LogP contribution in [-0.4, -0.2) is 22.3 Å². The molecule has 0 bridgehead atoms. The Morgan fingerprint density at radius 1 is 1.11 bits per heavy atom. The second-order valence-electron chi connectivity index (χ2n) is 5.79. The van der Waals surface area contributed by atoms with E-state index in [0.29, 0.717) is 15.7 Å². The minimum absolute atomic E-state index is 0.290. The average molecular weight is 399 g/mol. The van der Waals surface area contributed by atoms with Crippen molar-refractivity contribution in [2.24, 2.45) is 5.10 Å². The minimum Gasteiger partial charge on any atom is -0.272 e. The Bertz CT molecular complexity index is 1010. The van der Waals surface area contributed by atoms with Gasteiger partial charge in [0.25, 0.3) is 5.91 Å². The van der Waals surface area contributed by atoms with E-state index in [-0.39, 0.29) is 5.69 Å². The lowest BCUT2D eigenvalue weighted by molar-refractivity contribution is 0.0950. The van der Waals surface area contributed by atoms with Gasteiger partial charge in [-0.15, -0.1) is 0 Å². The van der Waals surface area contributed by atoms with Gasteiger partial charge < -0.3 is 0 Å². The second kappa shape index (κ2) is 8.66. The number of allylic oxidation sites excluding steroid dienone is 1. The number of aromatic amines is 1. The number of benzene rings is 2. The van der Waals surface area contributed by atoms with E-state index in [0.717, 1.165) is 16.7 Å². The molecule has 0 unspecified atom stereocenters. The summed E-state index contributed by atoms with van der Waals surface area (Å²) in [6, 6.07) is 16.6. The zero-order chi connectivity index (χ0) is 19.2. The maximum Gasteiger partial charge on any atom is 0.289 e. The molecule has 0 atom stereocenters. The molecule has 27 heavy (non-hydrogen) atoms. The largest absolute Gasteiger partial charge is 0.289 e. The van der Waals surface area contributed by atoms with E-state index in [9.17, 15) is 4.79 Å². The number of carbonyl (C=O) groups excluding carboxylic acids is 1. The molecule has 0 spiro atoms. The molecule has 0 aliphatic heterocycles. The number of H-pyrrole nitrogens is 1. The summed E-state index contributed by atoms with van der Waals surface area (Å²) >= 11 is 11.9. The maximum absolute atomic E-state index is 12.2. The van der Waals surface area contributed by atoms with Gasteiger partial charge in [-0.25, -0.2) is 5.43 Å². The molecule has 2 N–H and O–H groups in total. The highest BCUT2D eigenvalue weighted by Gasteiger charge is 2.11. The van der Waals surface area contributed by atoms with Crippen molar-refractivity contribution < 1.29 is 4.79 Å². The first-order valence-electron chi connectivity index (χ1n) is 8.10. The van der Waals surface area contributed by atoms with Crippen molar-refractivity contribution >= 4 is 41.4 Å². The molecule has 1 heterocycles. The highest BCUT2D eigenvalue weighted by atomic mass is 35.5. The van der Waals surface area contributed by atoms with Gasteiger partial charge in [0.05, 0.1) is 22.0 Å². The topological polar surface area (TPSA) is 70.1 Å². The molecule has 1 aromatic heterocycles. The van der Waals surface area contributed by atoms with E-state index >= 15 is 0 Å². The molecular formula is C20H16Cl2N4O. The Kier molecular flexibility index (Phi) is 6.06. The predicted octanol–water partition coefficient (Wildman–Crippen LogP) is 5.20. The average Bonchev–Trinajstić information content (AvgIpc) is 3.15. The van der Waals surface area contributed by atoms with Gasteiger partial charge in [-0.2, -0.15) is 10.2 Å². The molecule has 2 aromatic carbocycles. The van der Waals surface area contributed by atoms with Gasteiger partial charge in [0, 0.05) is 5.56 Å². The monoisotopic (exact) mass is 398 g/mol. The SMILES string of the molecule is CC(C=NNC(=O)c1cc(-c2ccc(Cl)c(Cl)c2)n[nH]1)=Cc1ccccc1. The lowest BCUT2D eigenvalue weighted by atomic mass is 10.1. The fourth-order valence-electron chi connectivity index (χ4n) is 2.34. The van der Waals surface area contributed by atoms with Crippen molar-refractivity contribution in [1.29, 1.82) is 0 Å². The summed E-state index contributed by atoms with van der Waals surface area (Å²) in [4.78, 5) is 12.2. The molecule has 0 aliphatic rings. The van der Waals surface area contributed by atoms with Gasteiger partial charge in [-0.3, -0.25) is 9.89 Å². The van der Waals surface area contributed by atoms with Gasteiger partial charge in [0.15, 0.2) is 0 Å². The van der Waals surface area contributed by atoms with Crippen molar-refractivity contribution in [3.8, 4) is 11.3 Å². The highest BCUT2D eigenvalue weighted by molar-refractivity contribution is 6.42. The molecule has 136 valence electrons. The molecule has 1 amide bonds. The normalized spacial score (nSPS) is 11.7. The van der Waals surface area contributed by atoms with Crippen LogP contribution in [-0.2, 0) is 0 Å². The van der Waals surface area contributed by atoms with Crippen molar-refractivity contribution in [3.63, 3.8) is 0 Å². The van der Waals surface area contributed by atoms with Crippen molar-refractivity contribution in [1.82, 2.24) is 15.6 Å². The van der Waals surface area contributed by atoms with Gasteiger partial charge >= 0.3 is 0 Å². The number of halogens is 2. The Hall–Kier alpha value is -2.89. The molecule has 0 aliphatic carbocycles. The van der Waals surface area contributed by atoms with Crippen LogP contribution in [0.15, 0.2) is 65.3 Å². The molecule has 0 radical (unpaired) electrons. The summed E-state index contributed by atoms with van der Waals surface area (Å²) in [5.41, 5.74) is 6.07. The summed E-state index contributed by atoms with van der Waals surface area (Å²) < 4.78 is 0. The second-order valence-corrected chi connectivity index (χ2v) is 6.61. The van der Waals surface area contributed by atoms with Crippen molar-refractivity contribution in [3.05, 3.63) is 81.5 Å². The third kappa shape index (κ3) is 5.06. The van der Waals surface area contributed by atoms with E-state index in [1.54, 1.807) is 30.5 Å². The molecule has 7 heteroatoms. The Morgan fingerprint density at radius 3 is 2.63 bits per heavy atom. The van der Waals surface area contributed by atoms with E-state index in [1.807, 2.05) is 43.3 Å². The van der Waals surface area contributed by atoms with E-state index in [1.165, 1.54) is 0 Å². The first-order valence-corrected chi connectivity index (χ1v) is 8.86. The zero-order valence-electron chi connectivity index (χ0n) is 14.4. The Labute approximate surface area is 166 Å². The predicted molar refractivity (Wildman–Crippen MR) is 110 cm³/mol. The number of hydrazone groups is 1. The van der Waals surface area contributed by atoms with Crippen LogP contribution in [0, 0.1) is 0 Å². The van der Waals surface area contributed by atoms with E-state index in [2.05, 4.69) is 20.7 Å². The summed E-state index contributed by atoms with van der Waals surface area (Å²) in [7, 11) is 0. The molecule has 3 aromatic rings. The van der Waals surface area contributed by atoms with Crippen LogP contribution < -0.4 is 5.43 Å². The summed E-state index contributed by atoms with van der Waals surface area (Å²) in [6.07, 6.45) is 3.55. The van der Waals surface area contributed by atoms with Gasteiger partial charge in [0.1, 0.15) is 5.69 Å². The number of aromatic nitrogens is 2. The maximum atomic E-state index is 12.2. The van der Waals surface area contributed by atoms with Gasteiger partial charge in [0.2, 0.25) is 0 Å². The van der Waals surface area contributed by atoms with Gasteiger partial charge in [-0.05, 0) is 36.3 Å². The fraction of sp³-hybridized carbons (Fsp3) is 0.0500. The molecular weight excluding hydrogens is 383 g/mol. The lowest BCUT2D eigenvalue weighted by Gasteiger charge is -1.99. The molecule has 3 rings (SSSR count). The molecule has 5 nitrogen and oxygen atoms in total. The number of nitrogens with one attached hydrogen (secondary N) is 2. The number of hydrogen-bond donors (Lipinski definition) is 2. The van der Waals surface area contributed by atoms with Crippen LogP contribution in [0.25, 0.3) is 17.3 Å². The number of amides is 1. The standard InChI is InChI=1S/C20H16Cl2N4O/c1-13(9-14-5-3-2-4-6-14)12-23-26-20(27)19-11-18(24-25-19)15-7-8-16(21)17(22)10-15/h2-12H,1H3,(H,24,25)(H,26,27). The summed E-state index contributed by atoms with van der Waals surface area (Å²) in [5.74, 6) is -0.391. The third-order valence-electron chi connectivity index (χ3n) is 3.67. The Balaban J connectivity index is 1.64. The number of nitrogens with zero attached hydrogens (tertiary/aromatic N) is 2. The quantitative estimate of drug-likeness (QED) is 0.457. The Morgan fingerprint density at radius 2 is 1.89 bits per heavy atom. The number of rotatable bonds is 5. The van der Waals surface area contributed by atoms with E-state index < -0.39 is 5.91 Å². The van der Waals surface area contributed by atoms with Crippen LogP contribution in [0.4, 0.5) is 0 Å². The summed E-state index contributed by atoms with van der Waals surface area (Å²) in [6.45, 7) is 1.90. The molecule has 0 saturated heterocycles. The first-order chi connectivity index (χ1) is 13.0. The summed E-state index contributed by atoms with van der Waals surface area (Å²) in [5, 5.41) is 11.7. The number of carbonyl (C=O) groups is 1. The lowest BCUT2D eigenvalue weighted by Crippen LogP contribution is -2.17. The van der Waals surface area contributed by atoms with Crippen molar-refractivity contribution in [2.75, 3.05) is 0 Å². The third-order valence-corrected chi connectivity index (χ3v) is 4.41. The minimum atomic E-state index is -0.391. The van der Waals surface area contributed by atoms with Crippen LogP contribution >= 0.6 is 23.2 Å². The van der Waals surface area contributed by atoms with Crippen LogP contribution in [0.3, 0.4) is 0 Å². The van der Waals surface area contributed by atoms with Crippen molar-refractivity contribution in [2.45, 2.75) is 6.92 Å².